The Bertz CT molecular complexity index is 877. The van der Waals surface area contributed by atoms with E-state index in [4.69, 9.17) is 0 Å². The largest absolute Gasteiger partial charge is 0.504 e. The molecule has 0 amide bonds. The van der Waals surface area contributed by atoms with Crippen molar-refractivity contribution in [1.29, 1.82) is 0 Å². The second-order valence-corrected chi connectivity index (χ2v) is 5.29. The molecule has 0 radical (unpaired) electrons. The van der Waals surface area contributed by atoms with Crippen molar-refractivity contribution in [2.45, 2.75) is 19.8 Å². The van der Waals surface area contributed by atoms with Crippen LogP contribution >= 0.6 is 0 Å². The van der Waals surface area contributed by atoms with Gasteiger partial charge in [0.2, 0.25) is 0 Å². The van der Waals surface area contributed by atoms with E-state index in [1.54, 1.807) is 36.3 Å². The number of hydrogen-bond donors (Lipinski definition) is 1. The summed E-state index contributed by atoms with van der Waals surface area (Å²) in [6.45, 7) is 3.88. The Morgan fingerprint density at radius 1 is 1.29 bits per heavy atom. The highest BCUT2D eigenvalue weighted by atomic mass is 16.3. The van der Waals surface area contributed by atoms with Crippen LogP contribution in [0.15, 0.2) is 35.5 Å². The normalized spacial score (nSPS) is 11.4. The molecule has 0 saturated carbocycles. The van der Waals surface area contributed by atoms with Gasteiger partial charge < -0.3 is 5.11 Å². The highest BCUT2D eigenvalue weighted by Gasteiger charge is 2.15. The van der Waals surface area contributed by atoms with Gasteiger partial charge in [0, 0.05) is 36.8 Å². The van der Waals surface area contributed by atoms with E-state index in [0.717, 1.165) is 5.69 Å². The molecule has 0 fully saturated rings. The monoisotopic (exact) mass is 284 g/mol. The first-order chi connectivity index (χ1) is 10.0. The summed E-state index contributed by atoms with van der Waals surface area (Å²) < 4.78 is 3.04. The van der Waals surface area contributed by atoms with Crippen LogP contribution in [0.5, 0.6) is 5.75 Å². The Kier molecular flexibility index (Phi) is 3.01. The maximum atomic E-state index is 12.4. The lowest BCUT2D eigenvalue weighted by atomic mass is 10.1. The number of aromatic nitrogens is 4. The quantitative estimate of drug-likeness (QED) is 0.780. The minimum atomic E-state index is -0.151. The second kappa shape index (κ2) is 4.73. The van der Waals surface area contributed by atoms with E-state index in [-0.39, 0.29) is 22.9 Å². The van der Waals surface area contributed by atoms with E-state index in [1.165, 1.54) is 10.6 Å². The fourth-order valence-corrected chi connectivity index (χ4v) is 2.39. The molecule has 6 nitrogen and oxygen atoms in total. The number of fused-ring (bicyclic) bond motifs is 1. The maximum absolute atomic E-state index is 12.4. The van der Waals surface area contributed by atoms with Crippen molar-refractivity contribution in [2.24, 2.45) is 7.05 Å². The van der Waals surface area contributed by atoms with E-state index in [9.17, 15) is 9.90 Å². The van der Waals surface area contributed by atoms with Gasteiger partial charge in [0.1, 0.15) is 0 Å². The van der Waals surface area contributed by atoms with Crippen molar-refractivity contribution >= 4 is 5.65 Å². The predicted octanol–water partition coefficient (Wildman–Crippen LogP) is 1.92. The van der Waals surface area contributed by atoms with Crippen molar-refractivity contribution in [1.82, 2.24) is 19.2 Å². The first kappa shape index (κ1) is 13.4. The highest BCUT2D eigenvalue weighted by Crippen LogP contribution is 2.30. The standard InChI is InChI=1S/C15H16N4O2/c1-9(2)11-8-16-14-13(20)10(5-7-19(14)15(11)21)12-4-6-17-18(12)3/h4-9,20H,1-3H3. The Morgan fingerprint density at radius 2 is 2.05 bits per heavy atom. The number of hydrogen-bond acceptors (Lipinski definition) is 4. The lowest BCUT2D eigenvalue weighted by Gasteiger charge is -2.11. The fraction of sp³-hybridized carbons (Fsp3) is 0.267. The summed E-state index contributed by atoms with van der Waals surface area (Å²) >= 11 is 0. The lowest BCUT2D eigenvalue weighted by molar-refractivity contribution is 0.478. The molecule has 21 heavy (non-hydrogen) atoms. The van der Waals surface area contributed by atoms with E-state index < -0.39 is 0 Å². The summed E-state index contributed by atoms with van der Waals surface area (Å²) in [4.78, 5) is 16.6. The van der Waals surface area contributed by atoms with Gasteiger partial charge in [0.15, 0.2) is 11.4 Å². The van der Waals surface area contributed by atoms with Gasteiger partial charge in [0.05, 0.1) is 5.69 Å². The van der Waals surface area contributed by atoms with E-state index in [2.05, 4.69) is 10.1 Å². The Hall–Kier alpha value is -2.63. The molecule has 0 aromatic carbocycles. The van der Waals surface area contributed by atoms with Gasteiger partial charge in [-0.3, -0.25) is 13.9 Å². The summed E-state index contributed by atoms with van der Waals surface area (Å²) in [5, 5.41) is 14.5. The van der Waals surface area contributed by atoms with E-state index >= 15 is 0 Å². The third kappa shape index (κ3) is 1.99. The van der Waals surface area contributed by atoms with Gasteiger partial charge in [-0.25, -0.2) is 4.98 Å². The Labute approximate surface area is 121 Å². The first-order valence-electron chi connectivity index (χ1n) is 6.72. The molecule has 0 aliphatic heterocycles. The number of aryl methyl sites for hydroxylation is 1. The molecule has 3 heterocycles. The van der Waals surface area contributed by atoms with Crippen LogP contribution in [0.2, 0.25) is 0 Å². The molecule has 0 unspecified atom stereocenters. The van der Waals surface area contributed by atoms with Crippen molar-refractivity contribution in [3.8, 4) is 17.0 Å². The number of aromatic hydroxyl groups is 1. The zero-order valence-electron chi connectivity index (χ0n) is 12.1. The molecule has 3 aromatic heterocycles. The molecule has 3 aromatic rings. The Balaban J connectivity index is 2.31. The van der Waals surface area contributed by atoms with E-state index in [1.807, 2.05) is 13.8 Å². The van der Waals surface area contributed by atoms with Crippen molar-refractivity contribution < 1.29 is 5.11 Å². The van der Waals surface area contributed by atoms with Gasteiger partial charge in [0.25, 0.3) is 5.56 Å². The summed E-state index contributed by atoms with van der Waals surface area (Å²) in [5.74, 6) is 0.0642. The van der Waals surface area contributed by atoms with Crippen molar-refractivity contribution in [2.75, 3.05) is 0 Å². The maximum Gasteiger partial charge on any atom is 0.261 e. The molecule has 6 heteroatoms. The molecule has 3 rings (SSSR count). The molecule has 0 spiro atoms. The minimum Gasteiger partial charge on any atom is -0.504 e. The average Bonchev–Trinajstić information content (AvgIpc) is 2.86. The number of rotatable bonds is 2. The molecule has 108 valence electrons. The molecule has 0 saturated heterocycles. The summed E-state index contributed by atoms with van der Waals surface area (Å²) in [6.07, 6.45) is 4.83. The molecule has 0 atom stereocenters. The highest BCUT2D eigenvalue weighted by molar-refractivity contribution is 5.74. The van der Waals surface area contributed by atoms with Crippen LogP contribution in [0.25, 0.3) is 16.9 Å². The molecular weight excluding hydrogens is 268 g/mol. The van der Waals surface area contributed by atoms with E-state index in [0.29, 0.717) is 11.1 Å². The first-order valence-corrected chi connectivity index (χ1v) is 6.72. The lowest BCUT2D eigenvalue weighted by Crippen LogP contribution is -2.20. The van der Waals surface area contributed by atoms with Crippen LogP contribution in [0, 0.1) is 0 Å². The second-order valence-electron chi connectivity index (χ2n) is 5.29. The van der Waals surface area contributed by atoms with Gasteiger partial charge in [-0.2, -0.15) is 5.10 Å². The van der Waals surface area contributed by atoms with Crippen LogP contribution in [-0.4, -0.2) is 24.3 Å². The third-order valence-electron chi connectivity index (χ3n) is 3.60. The van der Waals surface area contributed by atoms with Gasteiger partial charge in [-0.15, -0.1) is 0 Å². The minimum absolute atomic E-state index is 0.0199. The fourth-order valence-electron chi connectivity index (χ4n) is 2.39. The summed E-state index contributed by atoms with van der Waals surface area (Å²) in [7, 11) is 1.79. The smallest absolute Gasteiger partial charge is 0.261 e. The van der Waals surface area contributed by atoms with Crippen LogP contribution < -0.4 is 5.56 Å². The Morgan fingerprint density at radius 3 is 2.67 bits per heavy atom. The van der Waals surface area contributed by atoms with Gasteiger partial charge >= 0.3 is 0 Å². The molecular formula is C15H16N4O2. The predicted molar refractivity (Wildman–Crippen MR) is 79.4 cm³/mol. The average molecular weight is 284 g/mol. The zero-order chi connectivity index (χ0) is 15.1. The van der Waals surface area contributed by atoms with Crippen molar-refractivity contribution in [3.63, 3.8) is 0 Å². The van der Waals surface area contributed by atoms with Crippen LogP contribution in [0.1, 0.15) is 25.3 Å². The van der Waals surface area contributed by atoms with Gasteiger partial charge in [-0.1, -0.05) is 13.8 Å². The zero-order valence-corrected chi connectivity index (χ0v) is 12.1. The van der Waals surface area contributed by atoms with Gasteiger partial charge in [-0.05, 0) is 18.1 Å². The molecule has 0 aliphatic carbocycles. The van der Waals surface area contributed by atoms with Crippen LogP contribution in [0.3, 0.4) is 0 Å². The topological polar surface area (TPSA) is 72.4 Å². The molecule has 0 aliphatic rings. The third-order valence-corrected chi connectivity index (χ3v) is 3.60. The summed E-state index contributed by atoms with van der Waals surface area (Å²) in [5.41, 5.74) is 2.08. The SMILES string of the molecule is CC(C)c1cnc2c(O)c(-c3ccnn3C)ccn2c1=O. The number of pyridine rings is 1. The summed E-state index contributed by atoms with van der Waals surface area (Å²) in [6, 6.07) is 3.50. The number of nitrogens with zero attached hydrogens (tertiary/aromatic N) is 4. The van der Waals surface area contributed by atoms with Crippen LogP contribution in [0.4, 0.5) is 0 Å². The molecule has 1 N–H and O–H groups in total. The van der Waals surface area contributed by atoms with Crippen molar-refractivity contribution in [3.05, 3.63) is 46.6 Å². The van der Waals surface area contributed by atoms with Crippen LogP contribution in [-0.2, 0) is 7.05 Å². The molecule has 0 bridgehead atoms.